The summed E-state index contributed by atoms with van der Waals surface area (Å²) in [6.07, 6.45) is 0.723. The van der Waals surface area contributed by atoms with Crippen molar-refractivity contribution >= 4 is 16.7 Å². The molecule has 0 saturated carbocycles. The van der Waals surface area contributed by atoms with Gasteiger partial charge in [-0.15, -0.1) is 0 Å². The summed E-state index contributed by atoms with van der Waals surface area (Å²) in [4.78, 5) is 27.6. The summed E-state index contributed by atoms with van der Waals surface area (Å²) < 4.78 is 1.61. The van der Waals surface area contributed by atoms with Gasteiger partial charge in [0.2, 0.25) is 0 Å². The predicted molar refractivity (Wildman–Crippen MR) is 140 cm³/mol. The smallest absolute Gasteiger partial charge is 0.263 e. The second kappa shape index (κ2) is 11.1. The third kappa shape index (κ3) is 5.19. The fourth-order valence-electron chi connectivity index (χ4n) is 4.34. The van der Waals surface area contributed by atoms with Crippen LogP contribution in [-0.4, -0.2) is 28.2 Å². The summed E-state index contributed by atoms with van der Waals surface area (Å²) in [6.45, 7) is 4.07. The van der Waals surface area contributed by atoms with E-state index >= 15 is 0 Å². The van der Waals surface area contributed by atoms with Gasteiger partial charge in [0.1, 0.15) is 0 Å². The molecular weight excluding hydrogens is 438 g/mol. The van der Waals surface area contributed by atoms with Crippen LogP contribution in [0, 0.1) is 0 Å². The lowest BCUT2D eigenvalue weighted by molar-refractivity contribution is 0.0935. The molecule has 1 heterocycles. The first-order valence-corrected chi connectivity index (χ1v) is 12.0. The number of pyridine rings is 1. The summed E-state index contributed by atoms with van der Waals surface area (Å²) in [5, 5.41) is 17.1. The van der Waals surface area contributed by atoms with E-state index in [4.69, 9.17) is 0 Å². The van der Waals surface area contributed by atoms with E-state index in [0.29, 0.717) is 27.7 Å². The minimum Gasteiger partial charge on any atom is -0.395 e. The van der Waals surface area contributed by atoms with Crippen molar-refractivity contribution in [3.8, 4) is 5.69 Å². The van der Waals surface area contributed by atoms with E-state index in [9.17, 15) is 14.7 Å². The number of carbonyl (C=O) groups excluding carboxylic acids is 1. The van der Waals surface area contributed by atoms with E-state index in [1.807, 2.05) is 92.7 Å². The van der Waals surface area contributed by atoms with Crippen molar-refractivity contribution in [3.05, 3.63) is 112 Å². The number of rotatable bonds is 9. The van der Waals surface area contributed by atoms with Gasteiger partial charge in [-0.25, -0.2) is 0 Å². The van der Waals surface area contributed by atoms with E-state index in [1.54, 1.807) is 10.6 Å². The van der Waals surface area contributed by atoms with Gasteiger partial charge < -0.3 is 15.7 Å². The number of para-hydroxylation sites is 1. The van der Waals surface area contributed by atoms with Crippen LogP contribution in [0.3, 0.4) is 0 Å². The molecule has 180 valence electrons. The van der Waals surface area contributed by atoms with Gasteiger partial charge in [-0.3, -0.25) is 14.2 Å². The highest BCUT2D eigenvalue weighted by atomic mass is 16.3. The van der Waals surface area contributed by atoms with Crippen LogP contribution in [0.5, 0.6) is 0 Å². The number of carbonyl (C=O) groups is 1. The van der Waals surface area contributed by atoms with Crippen LogP contribution in [0.1, 0.15) is 47.9 Å². The molecule has 4 rings (SSSR count). The molecule has 0 aliphatic heterocycles. The third-order valence-corrected chi connectivity index (χ3v) is 6.24. The molecule has 3 N–H and O–H groups in total. The monoisotopic (exact) mass is 469 g/mol. The maximum absolute atomic E-state index is 13.9. The topological polar surface area (TPSA) is 83.4 Å². The Morgan fingerprint density at radius 1 is 0.914 bits per heavy atom. The second-order valence-corrected chi connectivity index (χ2v) is 8.65. The van der Waals surface area contributed by atoms with Crippen molar-refractivity contribution in [2.75, 3.05) is 6.61 Å². The first kappa shape index (κ1) is 24.4. The predicted octanol–water partition coefficient (Wildman–Crippen LogP) is 4.34. The molecule has 1 aromatic heterocycles. The number of hydrogen-bond acceptors (Lipinski definition) is 4. The van der Waals surface area contributed by atoms with Crippen LogP contribution in [-0.2, 0) is 6.54 Å². The number of aliphatic hydroxyl groups excluding tert-OH is 1. The van der Waals surface area contributed by atoms with Gasteiger partial charge in [0, 0.05) is 29.0 Å². The first-order valence-electron chi connectivity index (χ1n) is 12.0. The standard InChI is InChI=1S/C29H31N3O3/c1-3-25(21-12-6-4-7-13-21)31-28(34)27-23-16-10-11-17-24(23)29(35)32(22-14-8-5-9-15-22)26(27)18-30-20(2)19-33/h4-17,20,25,30,33H,3,18-19H2,1-2H3,(H,31,34)/t20-,25+/m1/s1. The van der Waals surface area contributed by atoms with Crippen LogP contribution in [0.4, 0.5) is 0 Å². The molecule has 0 saturated heterocycles. The van der Waals surface area contributed by atoms with Crippen molar-refractivity contribution in [1.82, 2.24) is 15.2 Å². The molecular formula is C29H31N3O3. The summed E-state index contributed by atoms with van der Waals surface area (Å²) in [6, 6.07) is 26.1. The Hall–Kier alpha value is -3.74. The van der Waals surface area contributed by atoms with Gasteiger partial charge in [-0.05, 0) is 37.1 Å². The van der Waals surface area contributed by atoms with Gasteiger partial charge >= 0.3 is 0 Å². The fourth-order valence-corrected chi connectivity index (χ4v) is 4.34. The lowest BCUT2D eigenvalue weighted by Gasteiger charge is -2.23. The zero-order valence-corrected chi connectivity index (χ0v) is 20.1. The Kier molecular flexibility index (Phi) is 7.75. The molecule has 0 spiro atoms. The highest BCUT2D eigenvalue weighted by Gasteiger charge is 2.24. The van der Waals surface area contributed by atoms with Crippen LogP contribution in [0.15, 0.2) is 89.7 Å². The number of benzene rings is 3. The summed E-state index contributed by atoms with van der Waals surface area (Å²) in [5.41, 5.74) is 2.53. The molecule has 35 heavy (non-hydrogen) atoms. The van der Waals surface area contributed by atoms with Crippen molar-refractivity contribution in [1.29, 1.82) is 0 Å². The molecule has 0 unspecified atom stereocenters. The Morgan fingerprint density at radius 3 is 2.14 bits per heavy atom. The molecule has 0 fully saturated rings. The molecule has 4 aromatic rings. The highest BCUT2D eigenvalue weighted by Crippen LogP contribution is 2.25. The van der Waals surface area contributed by atoms with E-state index in [0.717, 1.165) is 12.0 Å². The Labute approximate surface area is 205 Å². The van der Waals surface area contributed by atoms with Gasteiger partial charge in [0.15, 0.2) is 0 Å². The molecule has 1 amide bonds. The number of amides is 1. The summed E-state index contributed by atoms with van der Waals surface area (Å²) >= 11 is 0. The number of hydrogen-bond donors (Lipinski definition) is 3. The van der Waals surface area contributed by atoms with Crippen LogP contribution in [0.25, 0.3) is 16.5 Å². The quantitative estimate of drug-likeness (QED) is 0.341. The van der Waals surface area contributed by atoms with Crippen LogP contribution in [0.2, 0.25) is 0 Å². The van der Waals surface area contributed by atoms with E-state index in [-0.39, 0.29) is 36.7 Å². The van der Waals surface area contributed by atoms with Crippen molar-refractivity contribution in [3.63, 3.8) is 0 Å². The van der Waals surface area contributed by atoms with Gasteiger partial charge in [0.25, 0.3) is 11.5 Å². The highest BCUT2D eigenvalue weighted by molar-refractivity contribution is 6.08. The molecule has 6 heteroatoms. The molecule has 6 nitrogen and oxygen atoms in total. The van der Waals surface area contributed by atoms with Crippen molar-refractivity contribution in [2.45, 2.75) is 38.9 Å². The molecule has 0 aliphatic carbocycles. The number of aromatic nitrogens is 1. The largest absolute Gasteiger partial charge is 0.395 e. The molecule has 0 aliphatic rings. The number of aliphatic hydroxyl groups is 1. The zero-order chi connectivity index (χ0) is 24.8. The second-order valence-electron chi connectivity index (χ2n) is 8.65. The maximum atomic E-state index is 13.9. The third-order valence-electron chi connectivity index (χ3n) is 6.24. The lowest BCUT2D eigenvalue weighted by Crippen LogP contribution is -2.36. The first-order chi connectivity index (χ1) is 17.0. The van der Waals surface area contributed by atoms with E-state index < -0.39 is 0 Å². The van der Waals surface area contributed by atoms with E-state index in [1.165, 1.54) is 0 Å². The average Bonchev–Trinajstić information content (AvgIpc) is 2.91. The molecule has 3 aromatic carbocycles. The van der Waals surface area contributed by atoms with Crippen LogP contribution >= 0.6 is 0 Å². The normalized spacial score (nSPS) is 12.9. The Bertz CT molecular complexity index is 1350. The summed E-state index contributed by atoms with van der Waals surface area (Å²) in [5.74, 6) is -0.241. The summed E-state index contributed by atoms with van der Waals surface area (Å²) in [7, 11) is 0. The number of nitrogens with zero attached hydrogens (tertiary/aromatic N) is 1. The van der Waals surface area contributed by atoms with Crippen LogP contribution < -0.4 is 16.2 Å². The fraction of sp³-hybridized carbons (Fsp3) is 0.241. The van der Waals surface area contributed by atoms with Gasteiger partial charge in [0.05, 0.1) is 23.9 Å². The number of nitrogens with one attached hydrogen (secondary N) is 2. The average molecular weight is 470 g/mol. The molecule has 2 atom stereocenters. The van der Waals surface area contributed by atoms with E-state index in [2.05, 4.69) is 10.6 Å². The Balaban J connectivity index is 1.92. The van der Waals surface area contributed by atoms with Crippen molar-refractivity contribution < 1.29 is 9.90 Å². The zero-order valence-electron chi connectivity index (χ0n) is 20.1. The maximum Gasteiger partial charge on any atom is 0.263 e. The minimum atomic E-state index is -0.241. The van der Waals surface area contributed by atoms with Gasteiger partial charge in [-0.2, -0.15) is 0 Å². The number of fused-ring (bicyclic) bond motifs is 1. The molecule has 0 radical (unpaired) electrons. The van der Waals surface area contributed by atoms with Crippen molar-refractivity contribution in [2.24, 2.45) is 0 Å². The lowest BCUT2D eigenvalue weighted by atomic mass is 9.99. The van der Waals surface area contributed by atoms with Gasteiger partial charge in [-0.1, -0.05) is 73.7 Å². The molecule has 0 bridgehead atoms. The minimum absolute atomic E-state index is 0.0589. The SMILES string of the molecule is CC[C@H](NC(=O)c1c(CN[C@H](C)CO)n(-c2ccccc2)c(=O)c2ccccc12)c1ccccc1. The Morgan fingerprint density at radius 2 is 1.51 bits per heavy atom.